The highest BCUT2D eigenvalue weighted by Gasteiger charge is 2.51. The topological polar surface area (TPSA) is 97.6 Å². The number of carbonyl (C=O) groups is 1. The number of hydrogen-bond acceptors (Lipinski definition) is 5. The third kappa shape index (κ3) is 5.92. The molecule has 4 bridgehead atoms. The van der Waals surface area contributed by atoms with Gasteiger partial charge in [0.25, 0.3) is 0 Å². The Balaban J connectivity index is 1.06. The highest BCUT2D eigenvalue weighted by Crippen LogP contribution is 2.55. The Hall–Kier alpha value is -2.62. The van der Waals surface area contributed by atoms with Gasteiger partial charge in [-0.05, 0) is 79.5 Å². The van der Waals surface area contributed by atoms with E-state index < -0.39 is 6.29 Å². The van der Waals surface area contributed by atoms with Gasteiger partial charge in [-0.3, -0.25) is 0 Å². The molecule has 0 radical (unpaired) electrons. The van der Waals surface area contributed by atoms with E-state index in [1.807, 2.05) is 48.5 Å². The Morgan fingerprint density at radius 1 is 0.977 bits per heavy atom. The van der Waals surface area contributed by atoms with Crippen molar-refractivity contribution in [1.29, 1.82) is 0 Å². The summed E-state index contributed by atoms with van der Waals surface area (Å²) in [6.07, 6.45) is 7.81. The van der Waals surface area contributed by atoms with Gasteiger partial charge in [0.2, 0.25) is 0 Å². The van der Waals surface area contributed by atoms with Crippen LogP contribution in [0.15, 0.2) is 54.9 Å². The van der Waals surface area contributed by atoms with Crippen molar-refractivity contribution in [3.05, 3.63) is 81.9 Å². The predicted octanol–water partition coefficient (Wildman–Crippen LogP) is 7.26. The first-order valence-electron chi connectivity index (χ1n) is 15.3. The summed E-state index contributed by atoms with van der Waals surface area (Å²) in [5.41, 5.74) is 3.36. The molecule has 1 aliphatic heterocycles. The largest absolute Gasteiger partial charge is 0.392 e. The van der Waals surface area contributed by atoms with Crippen LogP contribution in [0, 0.1) is 23.7 Å². The zero-order chi connectivity index (χ0) is 29.7. The summed E-state index contributed by atoms with van der Waals surface area (Å²) in [6, 6.07) is 15.3. The van der Waals surface area contributed by atoms with Gasteiger partial charge in [-0.25, -0.2) is 9.78 Å². The molecule has 4 unspecified atom stereocenters. The molecule has 1 aromatic heterocycles. The number of amides is 2. The number of nitrogens with zero attached hydrogens (tertiary/aromatic N) is 2. The molecule has 43 heavy (non-hydrogen) atoms. The van der Waals surface area contributed by atoms with Crippen LogP contribution in [0.1, 0.15) is 74.5 Å². The maximum Gasteiger partial charge on any atom is 0.319 e. The van der Waals surface area contributed by atoms with Crippen LogP contribution in [0.3, 0.4) is 0 Å². The lowest BCUT2D eigenvalue weighted by Crippen LogP contribution is -2.60. The van der Waals surface area contributed by atoms with Gasteiger partial charge in [0.05, 0.1) is 31.7 Å². The molecule has 2 aromatic carbocycles. The number of rotatable bonds is 7. The Labute approximate surface area is 262 Å². The van der Waals surface area contributed by atoms with Crippen molar-refractivity contribution < 1.29 is 19.4 Å². The second kappa shape index (κ2) is 11.7. The maximum atomic E-state index is 13.1. The third-order valence-electron chi connectivity index (χ3n) is 10.1. The smallest absolute Gasteiger partial charge is 0.319 e. The van der Waals surface area contributed by atoms with E-state index in [2.05, 4.69) is 22.5 Å². The molecule has 10 heteroatoms. The molecule has 8 nitrogen and oxygen atoms in total. The highest BCUT2D eigenvalue weighted by molar-refractivity contribution is 6.40. The molecule has 2 heterocycles. The fourth-order valence-corrected chi connectivity index (χ4v) is 8.70. The first-order valence-corrected chi connectivity index (χ1v) is 16.1. The SMILES string of the molecule is CC1C(Cn2cnc(Cl)c2Cl)OC(c2ccc(NC(=O)NC34CC5CC(CC(C5)C3)C4)cc2)OC1c1ccc(CO)cc1. The molecule has 3 N–H and O–H groups in total. The van der Waals surface area contributed by atoms with Gasteiger partial charge in [0.15, 0.2) is 11.4 Å². The van der Waals surface area contributed by atoms with Gasteiger partial charge in [0.1, 0.15) is 5.15 Å². The minimum atomic E-state index is -0.642. The van der Waals surface area contributed by atoms with E-state index in [1.165, 1.54) is 19.3 Å². The van der Waals surface area contributed by atoms with E-state index in [0.29, 0.717) is 11.7 Å². The first kappa shape index (κ1) is 29.1. The molecule has 5 aliphatic rings. The number of anilines is 1. The maximum absolute atomic E-state index is 13.1. The average molecular weight is 626 g/mol. The van der Waals surface area contributed by atoms with E-state index in [4.69, 9.17) is 32.7 Å². The van der Waals surface area contributed by atoms with Crippen LogP contribution < -0.4 is 10.6 Å². The second-order valence-electron chi connectivity index (χ2n) is 13.2. The number of aliphatic hydroxyl groups is 1. The molecule has 0 spiro atoms. The molecule has 4 aliphatic carbocycles. The number of aliphatic hydroxyl groups excluding tert-OH is 1. The Morgan fingerprint density at radius 3 is 2.19 bits per heavy atom. The van der Waals surface area contributed by atoms with Crippen molar-refractivity contribution in [1.82, 2.24) is 14.9 Å². The molecule has 4 atom stereocenters. The van der Waals surface area contributed by atoms with Gasteiger partial charge in [0, 0.05) is 22.7 Å². The van der Waals surface area contributed by atoms with Crippen LogP contribution >= 0.6 is 23.2 Å². The summed E-state index contributed by atoms with van der Waals surface area (Å²) in [4.78, 5) is 17.2. The standard InChI is InChI=1S/C33H38Cl2N4O4/c1-19-27(16-39-18-36-29(34)30(39)35)42-31(43-28(19)24-4-2-20(17-40)3-5-24)25-6-8-26(9-7-25)37-32(41)38-33-13-21-10-22(14-33)12-23(11-21)15-33/h2-9,18-19,21-23,27-28,31,40H,10-17H2,1H3,(H2,37,38,41). The van der Waals surface area contributed by atoms with E-state index >= 15 is 0 Å². The van der Waals surface area contributed by atoms with Gasteiger partial charge in [-0.2, -0.15) is 0 Å². The van der Waals surface area contributed by atoms with Crippen LogP contribution in [0.2, 0.25) is 10.3 Å². The van der Waals surface area contributed by atoms with Crippen LogP contribution in [0.5, 0.6) is 0 Å². The second-order valence-corrected chi connectivity index (χ2v) is 13.9. The van der Waals surface area contributed by atoms with Crippen LogP contribution in [0.25, 0.3) is 0 Å². The lowest BCUT2D eigenvalue weighted by Gasteiger charge is -2.56. The summed E-state index contributed by atoms with van der Waals surface area (Å²) in [5.74, 6) is 2.28. The Bertz CT molecular complexity index is 1430. The van der Waals surface area contributed by atoms with Crippen LogP contribution in [0.4, 0.5) is 10.5 Å². The van der Waals surface area contributed by atoms with Crippen molar-refractivity contribution >= 4 is 34.9 Å². The fraction of sp³-hybridized carbons (Fsp3) is 0.515. The number of imidazole rings is 1. The van der Waals surface area contributed by atoms with Gasteiger partial charge in [-0.15, -0.1) is 0 Å². The predicted molar refractivity (Wildman–Crippen MR) is 165 cm³/mol. The van der Waals surface area contributed by atoms with Crippen LogP contribution in [-0.4, -0.2) is 32.3 Å². The summed E-state index contributed by atoms with van der Waals surface area (Å²) in [7, 11) is 0. The minimum absolute atomic E-state index is 0.0173. The van der Waals surface area contributed by atoms with Gasteiger partial charge >= 0.3 is 6.03 Å². The molecule has 1 saturated heterocycles. The van der Waals surface area contributed by atoms with Crippen LogP contribution in [-0.2, 0) is 22.6 Å². The summed E-state index contributed by atoms with van der Waals surface area (Å²) in [6.45, 7) is 2.53. The zero-order valence-corrected chi connectivity index (χ0v) is 25.7. The minimum Gasteiger partial charge on any atom is -0.392 e. The normalized spacial score (nSPS) is 33.0. The molecular formula is C33H38Cl2N4O4. The van der Waals surface area contributed by atoms with Gasteiger partial charge < -0.3 is 29.8 Å². The fourth-order valence-electron chi connectivity index (χ4n) is 8.38. The first-order chi connectivity index (χ1) is 20.8. The number of urea groups is 1. The Morgan fingerprint density at radius 2 is 1.60 bits per heavy atom. The van der Waals surface area contributed by atoms with Crippen molar-refractivity contribution in [3.63, 3.8) is 0 Å². The van der Waals surface area contributed by atoms with E-state index in [9.17, 15) is 9.90 Å². The number of benzene rings is 2. The van der Waals surface area contributed by atoms with Gasteiger partial charge in [-0.1, -0.05) is 66.5 Å². The number of aromatic nitrogens is 2. The lowest BCUT2D eigenvalue weighted by molar-refractivity contribution is -0.276. The van der Waals surface area contributed by atoms with Crippen molar-refractivity contribution in [2.75, 3.05) is 5.32 Å². The molecule has 4 saturated carbocycles. The van der Waals surface area contributed by atoms with E-state index in [1.54, 1.807) is 10.9 Å². The van der Waals surface area contributed by atoms with Crippen molar-refractivity contribution in [2.24, 2.45) is 23.7 Å². The molecule has 2 amide bonds. The molecular weight excluding hydrogens is 587 g/mol. The third-order valence-corrected chi connectivity index (χ3v) is 10.9. The summed E-state index contributed by atoms with van der Waals surface area (Å²) in [5, 5.41) is 16.6. The lowest BCUT2D eigenvalue weighted by atomic mass is 9.53. The number of ether oxygens (including phenoxy) is 2. The highest BCUT2D eigenvalue weighted by atomic mass is 35.5. The quantitative estimate of drug-likeness (QED) is 0.257. The number of nitrogens with one attached hydrogen (secondary N) is 2. The molecule has 8 rings (SSSR count). The molecule has 5 fully saturated rings. The summed E-state index contributed by atoms with van der Waals surface area (Å²) < 4.78 is 14.9. The number of carbonyl (C=O) groups excluding carboxylic acids is 1. The number of halogens is 2. The summed E-state index contributed by atoms with van der Waals surface area (Å²) >= 11 is 12.5. The van der Waals surface area contributed by atoms with Crippen molar-refractivity contribution in [3.8, 4) is 0 Å². The molecule has 228 valence electrons. The van der Waals surface area contributed by atoms with E-state index in [-0.39, 0.29) is 41.5 Å². The zero-order valence-electron chi connectivity index (χ0n) is 24.2. The molecule has 3 aromatic rings. The van der Waals surface area contributed by atoms with Crippen molar-refractivity contribution in [2.45, 2.75) is 82.6 Å². The average Bonchev–Trinajstić information content (AvgIpc) is 3.30. The number of hydrogen-bond donors (Lipinski definition) is 3. The monoisotopic (exact) mass is 624 g/mol. The Kier molecular flexibility index (Phi) is 7.93. The van der Waals surface area contributed by atoms with E-state index in [0.717, 1.165) is 59.4 Å².